The Balaban J connectivity index is 1.54. The number of nitrogens with zero attached hydrogens (tertiary/aromatic N) is 1. The van der Waals surface area contributed by atoms with Gasteiger partial charge in [-0.1, -0.05) is 24.1 Å². The molecule has 0 atom stereocenters. The maximum atomic E-state index is 13.0. The molecular formula is C22H33N3O3S. The lowest BCUT2D eigenvalue weighted by atomic mass is 9.97. The molecule has 6 nitrogen and oxygen atoms in total. The topological polar surface area (TPSA) is 78.5 Å². The molecule has 0 spiro atoms. The van der Waals surface area contributed by atoms with Gasteiger partial charge in [-0.05, 0) is 69.6 Å². The minimum absolute atomic E-state index is 0.0811. The number of carbonyl (C=O) groups is 1. The van der Waals surface area contributed by atoms with Crippen LogP contribution in [-0.4, -0.2) is 44.8 Å². The highest BCUT2D eigenvalue weighted by atomic mass is 32.2. The third-order valence-electron chi connectivity index (χ3n) is 5.73. The SMILES string of the molecule is Cc1ccc(NCC(=O)NCCC2=CCCCC2)cc1S(=O)(=O)N1CCCCC1. The number of piperidine rings is 1. The number of allylic oxidation sites excluding steroid dienone is 1. The van der Waals surface area contributed by atoms with E-state index in [4.69, 9.17) is 0 Å². The van der Waals surface area contributed by atoms with E-state index in [1.807, 2.05) is 13.0 Å². The lowest BCUT2D eigenvalue weighted by molar-refractivity contribution is -0.119. The standard InChI is InChI=1S/C22H33N3O3S/c1-18-10-11-20(16-21(18)29(27,28)25-14-6-3-7-15-25)24-17-22(26)23-13-12-19-8-4-2-5-9-19/h8,10-11,16,24H,2-7,9,12-15,17H2,1H3,(H,23,26). The summed E-state index contributed by atoms with van der Waals surface area (Å²) in [5.41, 5.74) is 2.82. The normalized spacial score (nSPS) is 18.2. The van der Waals surface area contributed by atoms with Gasteiger partial charge in [0.25, 0.3) is 0 Å². The molecule has 0 unspecified atom stereocenters. The molecule has 0 aromatic heterocycles. The van der Waals surface area contributed by atoms with E-state index in [9.17, 15) is 13.2 Å². The Morgan fingerprint density at radius 2 is 1.90 bits per heavy atom. The van der Waals surface area contributed by atoms with Gasteiger partial charge in [0.2, 0.25) is 15.9 Å². The fourth-order valence-electron chi connectivity index (χ4n) is 3.97. The molecule has 1 heterocycles. The van der Waals surface area contributed by atoms with Crippen molar-refractivity contribution in [2.24, 2.45) is 0 Å². The first-order valence-electron chi connectivity index (χ1n) is 10.8. The minimum Gasteiger partial charge on any atom is -0.376 e. The second kappa shape index (κ2) is 10.3. The van der Waals surface area contributed by atoms with E-state index in [-0.39, 0.29) is 12.5 Å². The van der Waals surface area contributed by atoms with E-state index >= 15 is 0 Å². The Morgan fingerprint density at radius 1 is 1.10 bits per heavy atom. The summed E-state index contributed by atoms with van der Waals surface area (Å²) in [7, 11) is -3.49. The van der Waals surface area contributed by atoms with Gasteiger partial charge in [0.1, 0.15) is 0 Å². The molecule has 0 bridgehead atoms. The zero-order valence-corrected chi connectivity index (χ0v) is 18.2. The van der Waals surface area contributed by atoms with E-state index in [1.165, 1.54) is 18.4 Å². The van der Waals surface area contributed by atoms with Crippen molar-refractivity contribution < 1.29 is 13.2 Å². The number of anilines is 1. The van der Waals surface area contributed by atoms with Crippen LogP contribution >= 0.6 is 0 Å². The van der Waals surface area contributed by atoms with Gasteiger partial charge in [-0.15, -0.1) is 0 Å². The summed E-state index contributed by atoms with van der Waals surface area (Å²) in [4.78, 5) is 12.5. The highest BCUT2D eigenvalue weighted by Gasteiger charge is 2.27. The Morgan fingerprint density at radius 3 is 2.62 bits per heavy atom. The molecule has 1 aromatic rings. The van der Waals surface area contributed by atoms with Gasteiger partial charge >= 0.3 is 0 Å². The smallest absolute Gasteiger partial charge is 0.243 e. The van der Waals surface area contributed by atoms with Crippen LogP contribution in [0.1, 0.15) is 56.9 Å². The van der Waals surface area contributed by atoms with Gasteiger partial charge in [-0.2, -0.15) is 4.31 Å². The van der Waals surface area contributed by atoms with Crippen molar-refractivity contribution >= 4 is 21.6 Å². The molecule has 1 fully saturated rings. The molecule has 7 heteroatoms. The van der Waals surface area contributed by atoms with Crippen LogP contribution in [0.3, 0.4) is 0 Å². The zero-order chi connectivity index (χ0) is 20.7. The molecule has 0 saturated carbocycles. The van der Waals surface area contributed by atoms with Crippen molar-refractivity contribution in [2.45, 2.75) is 63.2 Å². The Kier molecular flexibility index (Phi) is 7.72. The summed E-state index contributed by atoms with van der Waals surface area (Å²) in [6, 6.07) is 5.27. The van der Waals surface area contributed by atoms with E-state index in [1.54, 1.807) is 16.4 Å². The van der Waals surface area contributed by atoms with Crippen molar-refractivity contribution in [3.05, 3.63) is 35.4 Å². The number of carbonyl (C=O) groups excluding carboxylic acids is 1. The first-order valence-corrected chi connectivity index (χ1v) is 12.2. The van der Waals surface area contributed by atoms with Crippen molar-refractivity contribution in [3.8, 4) is 0 Å². The Hall–Kier alpha value is -1.86. The molecule has 1 saturated heterocycles. The summed E-state index contributed by atoms with van der Waals surface area (Å²) >= 11 is 0. The predicted molar refractivity (Wildman–Crippen MR) is 116 cm³/mol. The molecule has 1 aromatic carbocycles. The molecular weight excluding hydrogens is 386 g/mol. The van der Waals surface area contributed by atoms with Crippen LogP contribution in [0.2, 0.25) is 0 Å². The van der Waals surface area contributed by atoms with Crippen molar-refractivity contribution in [1.82, 2.24) is 9.62 Å². The number of sulfonamides is 1. The zero-order valence-electron chi connectivity index (χ0n) is 17.4. The summed E-state index contributed by atoms with van der Waals surface area (Å²) < 4.78 is 27.6. The van der Waals surface area contributed by atoms with E-state index in [0.29, 0.717) is 30.2 Å². The van der Waals surface area contributed by atoms with Crippen molar-refractivity contribution in [1.29, 1.82) is 0 Å². The van der Waals surface area contributed by atoms with Crippen LogP contribution in [0.4, 0.5) is 5.69 Å². The van der Waals surface area contributed by atoms with Crippen molar-refractivity contribution in [2.75, 3.05) is 31.5 Å². The molecule has 1 amide bonds. The molecule has 2 aliphatic rings. The lowest BCUT2D eigenvalue weighted by Gasteiger charge is -2.26. The van der Waals surface area contributed by atoms with Gasteiger partial charge in [0.05, 0.1) is 11.4 Å². The number of benzene rings is 1. The van der Waals surface area contributed by atoms with Crippen LogP contribution in [0.15, 0.2) is 34.7 Å². The number of aryl methyl sites for hydroxylation is 1. The Labute approximate surface area is 174 Å². The molecule has 2 N–H and O–H groups in total. The highest BCUT2D eigenvalue weighted by Crippen LogP contribution is 2.26. The fraction of sp³-hybridized carbons (Fsp3) is 0.591. The molecule has 29 heavy (non-hydrogen) atoms. The summed E-state index contributed by atoms with van der Waals surface area (Å²) in [6.45, 7) is 3.75. The summed E-state index contributed by atoms with van der Waals surface area (Å²) in [5.74, 6) is -0.0811. The number of hydrogen-bond donors (Lipinski definition) is 2. The highest BCUT2D eigenvalue weighted by molar-refractivity contribution is 7.89. The van der Waals surface area contributed by atoms with Crippen LogP contribution in [0, 0.1) is 6.92 Å². The Bertz CT molecular complexity index is 843. The number of nitrogens with one attached hydrogen (secondary N) is 2. The van der Waals surface area contributed by atoms with E-state index in [2.05, 4.69) is 16.7 Å². The van der Waals surface area contributed by atoms with Gasteiger partial charge in [-0.3, -0.25) is 4.79 Å². The van der Waals surface area contributed by atoms with Gasteiger partial charge in [-0.25, -0.2) is 8.42 Å². The summed E-state index contributed by atoms with van der Waals surface area (Å²) in [5, 5.41) is 6.01. The maximum absolute atomic E-state index is 13.0. The third-order valence-corrected chi connectivity index (χ3v) is 7.77. The first-order chi connectivity index (χ1) is 14.0. The second-order valence-corrected chi connectivity index (χ2v) is 9.91. The molecule has 0 radical (unpaired) electrons. The number of hydrogen-bond acceptors (Lipinski definition) is 4. The van der Waals surface area contributed by atoms with Crippen LogP contribution < -0.4 is 10.6 Å². The minimum atomic E-state index is -3.49. The van der Waals surface area contributed by atoms with Crippen molar-refractivity contribution in [3.63, 3.8) is 0 Å². The second-order valence-electron chi connectivity index (χ2n) is 8.01. The fourth-order valence-corrected chi connectivity index (χ4v) is 5.74. The van der Waals surface area contributed by atoms with E-state index < -0.39 is 10.0 Å². The monoisotopic (exact) mass is 419 g/mol. The number of rotatable bonds is 8. The summed E-state index contributed by atoms with van der Waals surface area (Å²) in [6.07, 6.45) is 10.9. The lowest BCUT2D eigenvalue weighted by Crippen LogP contribution is -2.36. The average Bonchev–Trinajstić information content (AvgIpc) is 2.74. The van der Waals surface area contributed by atoms with Crippen LogP contribution in [0.5, 0.6) is 0 Å². The molecule has 160 valence electrons. The molecule has 3 rings (SSSR count). The number of amides is 1. The first kappa shape index (κ1) is 21.8. The molecule has 1 aliphatic carbocycles. The van der Waals surface area contributed by atoms with Crippen LogP contribution in [0.25, 0.3) is 0 Å². The van der Waals surface area contributed by atoms with Gasteiger partial charge in [0.15, 0.2) is 0 Å². The maximum Gasteiger partial charge on any atom is 0.243 e. The van der Waals surface area contributed by atoms with Gasteiger partial charge < -0.3 is 10.6 Å². The van der Waals surface area contributed by atoms with Crippen LogP contribution in [-0.2, 0) is 14.8 Å². The average molecular weight is 420 g/mol. The predicted octanol–water partition coefficient (Wildman–Crippen LogP) is 3.59. The third kappa shape index (κ3) is 6.06. The van der Waals surface area contributed by atoms with Gasteiger partial charge in [0, 0.05) is 25.3 Å². The quantitative estimate of drug-likeness (QED) is 0.631. The van der Waals surface area contributed by atoms with E-state index in [0.717, 1.165) is 44.1 Å². The molecule has 1 aliphatic heterocycles. The largest absolute Gasteiger partial charge is 0.376 e.